The second-order valence-electron chi connectivity index (χ2n) is 7.05. The third kappa shape index (κ3) is 4.33. The van der Waals surface area contributed by atoms with Crippen LogP contribution in [-0.4, -0.2) is 8.42 Å². The number of hydrogen-bond donors (Lipinski definition) is 2. The molecule has 6 heteroatoms. The van der Waals surface area contributed by atoms with Gasteiger partial charge in [-0.15, -0.1) is 12.4 Å². The van der Waals surface area contributed by atoms with Gasteiger partial charge in [0, 0.05) is 23.0 Å². The highest BCUT2D eigenvalue weighted by Crippen LogP contribution is 2.28. The van der Waals surface area contributed by atoms with E-state index in [2.05, 4.69) is 29.0 Å². The first-order valence-electron chi connectivity index (χ1n) is 9.37. The SMILES string of the molecule is Cc1ccc(-c2ccccc2CNS(=O)(=O)c2cccc3c(N)cccc23)cc1.Cl. The van der Waals surface area contributed by atoms with Crippen molar-refractivity contribution in [2.75, 3.05) is 5.73 Å². The van der Waals surface area contributed by atoms with Crippen LogP contribution < -0.4 is 10.5 Å². The van der Waals surface area contributed by atoms with Crippen LogP contribution in [0.4, 0.5) is 5.69 Å². The van der Waals surface area contributed by atoms with Crippen LogP contribution in [0.1, 0.15) is 11.1 Å². The zero-order valence-electron chi connectivity index (χ0n) is 16.5. The average Bonchev–Trinajstić information content (AvgIpc) is 2.73. The van der Waals surface area contributed by atoms with Crippen molar-refractivity contribution in [1.82, 2.24) is 4.72 Å². The second-order valence-corrected chi connectivity index (χ2v) is 8.78. The number of sulfonamides is 1. The molecule has 154 valence electrons. The van der Waals surface area contributed by atoms with Crippen molar-refractivity contribution >= 4 is 38.9 Å². The maximum atomic E-state index is 13.1. The zero-order chi connectivity index (χ0) is 20.4. The van der Waals surface area contributed by atoms with Gasteiger partial charge < -0.3 is 5.73 Å². The Bertz CT molecular complexity index is 1290. The Morgan fingerprint density at radius 3 is 2.23 bits per heavy atom. The first-order chi connectivity index (χ1) is 14.0. The number of nitrogen functional groups attached to an aromatic ring is 1. The zero-order valence-corrected chi connectivity index (χ0v) is 18.1. The van der Waals surface area contributed by atoms with E-state index in [1.54, 1.807) is 30.3 Å². The summed E-state index contributed by atoms with van der Waals surface area (Å²) < 4.78 is 28.9. The summed E-state index contributed by atoms with van der Waals surface area (Å²) in [5.74, 6) is 0. The average molecular weight is 439 g/mol. The number of nitrogens with one attached hydrogen (secondary N) is 1. The Balaban J connectivity index is 0.00000256. The molecule has 4 aromatic rings. The lowest BCUT2D eigenvalue weighted by molar-refractivity contribution is 0.582. The van der Waals surface area contributed by atoms with Crippen molar-refractivity contribution in [2.45, 2.75) is 18.4 Å². The van der Waals surface area contributed by atoms with Crippen LogP contribution in [0.5, 0.6) is 0 Å². The Labute approximate surface area is 183 Å². The third-order valence-electron chi connectivity index (χ3n) is 5.04. The van der Waals surface area contributed by atoms with Gasteiger partial charge in [0.25, 0.3) is 0 Å². The Morgan fingerprint density at radius 2 is 1.47 bits per heavy atom. The van der Waals surface area contributed by atoms with Gasteiger partial charge in [-0.05, 0) is 35.7 Å². The lowest BCUT2D eigenvalue weighted by Crippen LogP contribution is -2.23. The quantitative estimate of drug-likeness (QED) is 0.415. The number of fused-ring (bicyclic) bond motifs is 1. The van der Waals surface area contributed by atoms with Crippen molar-refractivity contribution < 1.29 is 8.42 Å². The number of hydrogen-bond acceptors (Lipinski definition) is 3. The fourth-order valence-electron chi connectivity index (χ4n) is 3.48. The monoisotopic (exact) mass is 438 g/mol. The van der Waals surface area contributed by atoms with E-state index in [1.807, 2.05) is 37.3 Å². The fraction of sp³-hybridized carbons (Fsp3) is 0.0833. The van der Waals surface area contributed by atoms with Crippen molar-refractivity contribution in [3.63, 3.8) is 0 Å². The van der Waals surface area contributed by atoms with Gasteiger partial charge in [-0.3, -0.25) is 0 Å². The standard InChI is InChI=1S/C24H22N2O2S.ClH/c1-17-12-14-18(15-13-17)20-7-3-2-6-19(20)16-26-29(27,28)24-11-5-8-21-22(24)9-4-10-23(21)25;/h2-15,26H,16,25H2,1H3;1H. The van der Waals surface area contributed by atoms with Crippen LogP contribution in [0.25, 0.3) is 21.9 Å². The van der Waals surface area contributed by atoms with Crippen molar-refractivity contribution in [3.8, 4) is 11.1 Å². The Hall–Kier alpha value is -2.86. The molecular formula is C24H23ClN2O2S. The molecule has 0 unspecified atom stereocenters. The third-order valence-corrected chi connectivity index (χ3v) is 6.50. The van der Waals surface area contributed by atoms with E-state index < -0.39 is 10.0 Å². The molecule has 0 saturated carbocycles. The minimum Gasteiger partial charge on any atom is -0.398 e. The molecule has 3 N–H and O–H groups in total. The van der Waals surface area contributed by atoms with Gasteiger partial charge in [0.05, 0.1) is 4.90 Å². The van der Waals surface area contributed by atoms with Crippen LogP contribution >= 0.6 is 12.4 Å². The molecule has 0 heterocycles. The van der Waals surface area contributed by atoms with Crippen molar-refractivity contribution in [1.29, 1.82) is 0 Å². The second kappa shape index (κ2) is 8.88. The molecule has 0 bridgehead atoms. The molecule has 0 fully saturated rings. The molecule has 4 rings (SSSR count). The van der Waals surface area contributed by atoms with Gasteiger partial charge in [-0.2, -0.15) is 0 Å². The van der Waals surface area contributed by atoms with Crippen LogP contribution in [0.2, 0.25) is 0 Å². The smallest absolute Gasteiger partial charge is 0.241 e. The van der Waals surface area contributed by atoms with Gasteiger partial charge in [-0.25, -0.2) is 13.1 Å². The van der Waals surface area contributed by atoms with Gasteiger partial charge in [-0.1, -0.05) is 78.4 Å². The molecule has 0 atom stereocenters. The Morgan fingerprint density at radius 1 is 0.800 bits per heavy atom. The van der Waals surface area contributed by atoms with Gasteiger partial charge in [0.2, 0.25) is 10.0 Å². The molecule has 0 aliphatic rings. The van der Waals surface area contributed by atoms with Gasteiger partial charge in [0.15, 0.2) is 0 Å². The summed E-state index contributed by atoms with van der Waals surface area (Å²) in [5, 5.41) is 1.35. The first kappa shape index (κ1) is 21.8. The minimum absolute atomic E-state index is 0. The molecule has 0 aromatic heterocycles. The molecule has 0 saturated heterocycles. The highest BCUT2D eigenvalue weighted by atomic mass is 35.5. The molecule has 0 spiro atoms. The summed E-state index contributed by atoms with van der Waals surface area (Å²) in [6.45, 7) is 2.24. The molecule has 30 heavy (non-hydrogen) atoms. The molecule has 0 aliphatic carbocycles. The summed E-state index contributed by atoms with van der Waals surface area (Å²) in [7, 11) is -3.71. The first-order valence-corrected chi connectivity index (χ1v) is 10.9. The maximum Gasteiger partial charge on any atom is 0.241 e. The Kier molecular flexibility index (Phi) is 6.46. The summed E-state index contributed by atoms with van der Waals surface area (Å²) in [4.78, 5) is 0.232. The number of halogens is 1. The van der Waals surface area contributed by atoms with Crippen LogP contribution in [-0.2, 0) is 16.6 Å². The number of aryl methyl sites for hydroxylation is 1. The summed E-state index contributed by atoms with van der Waals surface area (Å²) >= 11 is 0. The number of nitrogens with two attached hydrogens (primary N) is 1. The van der Waals surface area contributed by atoms with E-state index in [-0.39, 0.29) is 23.8 Å². The van der Waals surface area contributed by atoms with Crippen LogP contribution in [0.15, 0.2) is 89.8 Å². The molecule has 4 aromatic carbocycles. The molecule has 0 amide bonds. The normalized spacial score (nSPS) is 11.2. The molecule has 4 nitrogen and oxygen atoms in total. The van der Waals surface area contributed by atoms with Crippen LogP contribution in [0, 0.1) is 6.92 Å². The van der Waals surface area contributed by atoms with Crippen LogP contribution in [0.3, 0.4) is 0 Å². The number of benzene rings is 4. The largest absolute Gasteiger partial charge is 0.398 e. The van der Waals surface area contributed by atoms with Gasteiger partial charge >= 0.3 is 0 Å². The maximum absolute atomic E-state index is 13.1. The topological polar surface area (TPSA) is 72.2 Å². The highest BCUT2D eigenvalue weighted by molar-refractivity contribution is 7.89. The van der Waals surface area contributed by atoms with E-state index in [4.69, 9.17) is 5.73 Å². The van der Waals surface area contributed by atoms with Crippen molar-refractivity contribution in [2.24, 2.45) is 0 Å². The summed E-state index contributed by atoms with van der Waals surface area (Å²) in [6.07, 6.45) is 0. The van der Waals surface area contributed by atoms with E-state index in [9.17, 15) is 8.42 Å². The minimum atomic E-state index is -3.71. The highest BCUT2D eigenvalue weighted by Gasteiger charge is 2.18. The van der Waals surface area contributed by atoms with E-state index in [0.717, 1.165) is 22.1 Å². The number of anilines is 1. The molecule has 0 radical (unpaired) electrons. The molecular weight excluding hydrogens is 416 g/mol. The predicted octanol–water partition coefficient (Wildman–Crippen LogP) is 5.30. The molecule has 0 aliphatic heterocycles. The predicted molar refractivity (Wildman–Crippen MR) is 126 cm³/mol. The fourth-order valence-corrected chi connectivity index (χ4v) is 4.71. The lowest BCUT2D eigenvalue weighted by atomic mass is 9.99. The van der Waals surface area contributed by atoms with E-state index in [0.29, 0.717) is 11.1 Å². The van der Waals surface area contributed by atoms with E-state index in [1.165, 1.54) is 5.56 Å². The summed E-state index contributed by atoms with van der Waals surface area (Å²) in [5.41, 5.74) is 10.7. The summed E-state index contributed by atoms with van der Waals surface area (Å²) in [6, 6.07) is 26.5. The van der Waals surface area contributed by atoms with Crippen molar-refractivity contribution in [3.05, 3.63) is 96.1 Å². The number of rotatable bonds is 5. The van der Waals surface area contributed by atoms with E-state index >= 15 is 0 Å². The lowest BCUT2D eigenvalue weighted by Gasteiger charge is -2.13. The van der Waals surface area contributed by atoms with Gasteiger partial charge in [0.1, 0.15) is 0 Å².